The number of hydrogen-bond acceptors (Lipinski definition) is 5. The standard InChI is InChI=1S/C11H24O5/c1-6-14-10(13-5)9(12-4)11(15-7-2)16-8-3/h9-11H,6-8H2,1-5H3. The van der Waals surface area contributed by atoms with Crippen molar-refractivity contribution in [1.29, 1.82) is 0 Å². The maximum Gasteiger partial charge on any atom is 0.188 e. The van der Waals surface area contributed by atoms with Crippen LogP contribution in [0, 0.1) is 0 Å². The molecule has 2 unspecified atom stereocenters. The van der Waals surface area contributed by atoms with Crippen molar-refractivity contribution in [1.82, 2.24) is 0 Å². The van der Waals surface area contributed by atoms with Crippen LogP contribution >= 0.6 is 0 Å². The molecule has 0 rings (SSSR count). The molecule has 0 aliphatic rings. The fraction of sp³-hybridized carbons (Fsp3) is 1.00. The molecule has 2 atom stereocenters. The molecule has 0 aromatic carbocycles. The molecule has 0 saturated carbocycles. The van der Waals surface area contributed by atoms with E-state index in [2.05, 4.69) is 0 Å². The SMILES string of the molecule is CCOC(OC)C(OC)C(OCC)OCC. The largest absolute Gasteiger partial charge is 0.371 e. The molecule has 0 aromatic rings. The normalized spacial score (nSPS) is 15.4. The third kappa shape index (κ3) is 5.23. The third-order valence-electron chi connectivity index (χ3n) is 2.03. The minimum atomic E-state index is -0.488. The van der Waals surface area contributed by atoms with E-state index in [0.717, 1.165) is 0 Å². The van der Waals surface area contributed by atoms with E-state index >= 15 is 0 Å². The van der Waals surface area contributed by atoms with Crippen LogP contribution in [0.15, 0.2) is 0 Å². The Morgan fingerprint density at radius 3 is 1.44 bits per heavy atom. The Morgan fingerprint density at radius 1 is 0.688 bits per heavy atom. The van der Waals surface area contributed by atoms with E-state index in [4.69, 9.17) is 23.7 Å². The quantitative estimate of drug-likeness (QED) is 0.537. The summed E-state index contributed by atoms with van der Waals surface area (Å²) in [6, 6.07) is 0. The highest BCUT2D eigenvalue weighted by Gasteiger charge is 2.31. The molecule has 0 aliphatic heterocycles. The van der Waals surface area contributed by atoms with Crippen LogP contribution in [0.5, 0.6) is 0 Å². The molecule has 0 bridgehead atoms. The molecule has 0 N–H and O–H groups in total. The summed E-state index contributed by atoms with van der Waals surface area (Å²) in [4.78, 5) is 0. The summed E-state index contributed by atoms with van der Waals surface area (Å²) in [7, 11) is 3.15. The summed E-state index contributed by atoms with van der Waals surface area (Å²) in [5.41, 5.74) is 0. The smallest absolute Gasteiger partial charge is 0.188 e. The van der Waals surface area contributed by atoms with E-state index in [9.17, 15) is 0 Å². The minimum absolute atomic E-state index is 0.398. The number of hydrogen-bond donors (Lipinski definition) is 0. The zero-order chi connectivity index (χ0) is 12.4. The summed E-state index contributed by atoms with van der Waals surface area (Å²) in [6.45, 7) is 7.35. The van der Waals surface area contributed by atoms with Crippen molar-refractivity contribution in [2.75, 3.05) is 34.0 Å². The van der Waals surface area contributed by atoms with Gasteiger partial charge in [0.05, 0.1) is 0 Å². The molecule has 0 radical (unpaired) electrons. The highest BCUT2D eigenvalue weighted by Crippen LogP contribution is 2.13. The van der Waals surface area contributed by atoms with Crippen LogP contribution in [0.3, 0.4) is 0 Å². The molecule has 0 saturated heterocycles. The van der Waals surface area contributed by atoms with Crippen molar-refractivity contribution in [3.05, 3.63) is 0 Å². The zero-order valence-corrected chi connectivity index (χ0v) is 10.9. The van der Waals surface area contributed by atoms with Gasteiger partial charge >= 0.3 is 0 Å². The summed E-state index contributed by atoms with van der Waals surface area (Å²) in [5, 5.41) is 0. The van der Waals surface area contributed by atoms with Crippen LogP contribution in [-0.2, 0) is 23.7 Å². The van der Waals surface area contributed by atoms with Gasteiger partial charge in [-0.1, -0.05) is 0 Å². The summed E-state index contributed by atoms with van der Waals surface area (Å²) in [5.74, 6) is 0. The monoisotopic (exact) mass is 236 g/mol. The Balaban J connectivity index is 4.46. The molecule has 0 amide bonds. The first-order chi connectivity index (χ1) is 7.74. The average molecular weight is 236 g/mol. The van der Waals surface area contributed by atoms with Crippen molar-refractivity contribution in [3.8, 4) is 0 Å². The first kappa shape index (κ1) is 15.8. The Bertz CT molecular complexity index is 147. The van der Waals surface area contributed by atoms with Gasteiger partial charge in [0, 0.05) is 34.0 Å². The maximum absolute atomic E-state index is 5.46. The molecular weight excluding hydrogens is 212 g/mol. The predicted molar refractivity (Wildman–Crippen MR) is 60.3 cm³/mol. The van der Waals surface area contributed by atoms with Crippen molar-refractivity contribution in [3.63, 3.8) is 0 Å². The first-order valence-corrected chi connectivity index (χ1v) is 5.65. The summed E-state index contributed by atoms with van der Waals surface area (Å²) >= 11 is 0. The molecule has 0 aliphatic carbocycles. The third-order valence-corrected chi connectivity index (χ3v) is 2.03. The van der Waals surface area contributed by atoms with Gasteiger partial charge < -0.3 is 23.7 Å². The van der Waals surface area contributed by atoms with E-state index in [0.29, 0.717) is 19.8 Å². The van der Waals surface area contributed by atoms with Crippen LogP contribution in [0.1, 0.15) is 20.8 Å². The van der Waals surface area contributed by atoms with Gasteiger partial charge in [0.2, 0.25) is 0 Å². The zero-order valence-electron chi connectivity index (χ0n) is 10.9. The van der Waals surface area contributed by atoms with E-state index in [-0.39, 0.29) is 0 Å². The lowest BCUT2D eigenvalue weighted by atomic mass is 10.3. The Kier molecular flexibility index (Phi) is 9.86. The average Bonchev–Trinajstić information content (AvgIpc) is 2.29. The second kappa shape index (κ2) is 9.99. The molecule has 0 fully saturated rings. The molecule has 0 spiro atoms. The fourth-order valence-corrected chi connectivity index (χ4v) is 1.38. The fourth-order valence-electron chi connectivity index (χ4n) is 1.38. The van der Waals surface area contributed by atoms with Gasteiger partial charge in [0.15, 0.2) is 18.7 Å². The lowest BCUT2D eigenvalue weighted by Crippen LogP contribution is -2.44. The second-order valence-electron chi connectivity index (χ2n) is 3.04. The van der Waals surface area contributed by atoms with Crippen LogP contribution < -0.4 is 0 Å². The van der Waals surface area contributed by atoms with E-state index < -0.39 is 18.7 Å². The van der Waals surface area contributed by atoms with Gasteiger partial charge in [0.25, 0.3) is 0 Å². The minimum Gasteiger partial charge on any atom is -0.371 e. The first-order valence-electron chi connectivity index (χ1n) is 5.65. The highest BCUT2D eigenvalue weighted by atomic mass is 16.7. The van der Waals surface area contributed by atoms with Crippen LogP contribution in [0.4, 0.5) is 0 Å². The Hall–Kier alpha value is -0.200. The van der Waals surface area contributed by atoms with Crippen molar-refractivity contribution < 1.29 is 23.7 Å². The van der Waals surface area contributed by atoms with Crippen LogP contribution in [0.25, 0.3) is 0 Å². The van der Waals surface area contributed by atoms with E-state index in [1.165, 1.54) is 0 Å². The summed E-state index contributed by atoms with van der Waals surface area (Å²) in [6.07, 6.45) is -1.36. The van der Waals surface area contributed by atoms with E-state index in [1.807, 2.05) is 20.8 Å². The molecule has 0 heterocycles. The number of methoxy groups -OCH3 is 2. The molecule has 5 nitrogen and oxygen atoms in total. The van der Waals surface area contributed by atoms with Crippen LogP contribution in [-0.4, -0.2) is 52.7 Å². The predicted octanol–water partition coefficient (Wildman–Crippen LogP) is 1.41. The molecular formula is C11H24O5. The molecule has 16 heavy (non-hydrogen) atoms. The van der Waals surface area contributed by atoms with Gasteiger partial charge in [0.1, 0.15) is 0 Å². The van der Waals surface area contributed by atoms with Crippen molar-refractivity contribution in [2.45, 2.75) is 39.5 Å². The number of rotatable bonds is 10. The second-order valence-corrected chi connectivity index (χ2v) is 3.04. The topological polar surface area (TPSA) is 46.2 Å². The van der Waals surface area contributed by atoms with Gasteiger partial charge in [-0.25, -0.2) is 0 Å². The lowest BCUT2D eigenvalue weighted by Gasteiger charge is -2.30. The highest BCUT2D eigenvalue weighted by molar-refractivity contribution is 4.67. The number of ether oxygens (including phenoxy) is 5. The Morgan fingerprint density at radius 2 is 1.12 bits per heavy atom. The van der Waals surface area contributed by atoms with Crippen LogP contribution in [0.2, 0.25) is 0 Å². The maximum atomic E-state index is 5.46. The van der Waals surface area contributed by atoms with Gasteiger partial charge in [-0.2, -0.15) is 0 Å². The van der Waals surface area contributed by atoms with Gasteiger partial charge in [-0.3, -0.25) is 0 Å². The summed E-state index contributed by atoms with van der Waals surface area (Å²) < 4.78 is 26.9. The van der Waals surface area contributed by atoms with Gasteiger partial charge in [-0.15, -0.1) is 0 Å². The van der Waals surface area contributed by atoms with E-state index in [1.54, 1.807) is 14.2 Å². The Labute approximate surface area is 98.0 Å². The molecule has 98 valence electrons. The van der Waals surface area contributed by atoms with Crippen molar-refractivity contribution in [2.24, 2.45) is 0 Å². The molecule has 5 heteroatoms. The molecule has 0 aromatic heterocycles. The van der Waals surface area contributed by atoms with Gasteiger partial charge in [-0.05, 0) is 20.8 Å². The van der Waals surface area contributed by atoms with Crippen molar-refractivity contribution >= 4 is 0 Å². The lowest BCUT2D eigenvalue weighted by molar-refractivity contribution is -0.270.